The van der Waals surface area contributed by atoms with Crippen LogP contribution in [0.15, 0.2) is 42.5 Å². The molecule has 1 aliphatic heterocycles. The Bertz CT molecular complexity index is 934. The van der Waals surface area contributed by atoms with E-state index in [1.165, 1.54) is 11.0 Å². The summed E-state index contributed by atoms with van der Waals surface area (Å²) in [6.07, 6.45) is 1.45. The molecule has 0 saturated heterocycles. The van der Waals surface area contributed by atoms with E-state index in [-0.39, 0.29) is 37.6 Å². The van der Waals surface area contributed by atoms with Crippen LogP contribution in [0.3, 0.4) is 0 Å². The fourth-order valence-electron chi connectivity index (χ4n) is 3.35. The zero-order chi connectivity index (χ0) is 22.4. The van der Waals surface area contributed by atoms with Crippen LogP contribution in [0.4, 0.5) is 4.39 Å². The van der Waals surface area contributed by atoms with E-state index in [1.54, 1.807) is 25.1 Å². The SMILES string of the molecule is CC[C@@H](C)NC(=O)[C@H](C)N(Cc1ccccc1F)C(=O)CCc1ccc2c(c1)OCO2. The summed E-state index contributed by atoms with van der Waals surface area (Å²) in [5.74, 6) is 0.487. The van der Waals surface area contributed by atoms with Crippen molar-refractivity contribution in [3.63, 3.8) is 0 Å². The van der Waals surface area contributed by atoms with Crippen LogP contribution in [-0.2, 0) is 22.6 Å². The van der Waals surface area contributed by atoms with Crippen molar-refractivity contribution in [1.29, 1.82) is 0 Å². The van der Waals surface area contributed by atoms with Crippen LogP contribution >= 0.6 is 0 Å². The van der Waals surface area contributed by atoms with Crippen LogP contribution in [0, 0.1) is 5.82 Å². The second-order valence-corrected chi connectivity index (χ2v) is 7.79. The van der Waals surface area contributed by atoms with E-state index in [0.29, 0.717) is 23.5 Å². The molecule has 0 bridgehead atoms. The predicted molar refractivity (Wildman–Crippen MR) is 115 cm³/mol. The van der Waals surface area contributed by atoms with Gasteiger partial charge in [0.2, 0.25) is 18.6 Å². The highest BCUT2D eigenvalue weighted by molar-refractivity contribution is 5.87. The first-order valence-corrected chi connectivity index (χ1v) is 10.6. The van der Waals surface area contributed by atoms with Gasteiger partial charge in [-0.05, 0) is 50.5 Å². The number of carbonyl (C=O) groups is 2. The van der Waals surface area contributed by atoms with E-state index in [4.69, 9.17) is 9.47 Å². The van der Waals surface area contributed by atoms with Crippen LogP contribution in [0.25, 0.3) is 0 Å². The van der Waals surface area contributed by atoms with E-state index in [9.17, 15) is 14.0 Å². The Morgan fingerprint density at radius 1 is 1.13 bits per heavy atom. The molecule has 0 unspecified atom stereocenters. The highest BCUT2D eigenvalue weighted by Crippen LogP contribution is 2.32. The average Bonchev–Trinajstić information content (AvgIpc) is 3.24. The maximum absolute atomic E-state index is 14.3. The zero-order valence-electron chi connectivity index (χ0n) is 18.2. The Balaban J connectivity index is 1.73. The summed E-state index contributed by atoms with van der Waals surface area (Å²) in [6.45, 7) is 5.78. The second kappa shape index (κ2) is 10.3. The quantitative estimate of drug-likeness (QED) is 0.659. The molecule has 2 atom stereocenters. The normalized spacial score (nSPS) is 14.1. The van der Waals surface area contributed by atoms with Gasteiger partial charge in [-0.15, -0.1) is 0 Å². The molecule has 6 nitrogen and oxygen atoms in total. The number of halogens is 1. The van der Waals surface area contributed by atoms with Crippen molar-refractivity contribution >= 4 is 11.8 Å². The minimum absolute atomic E-state index is 0.00556. The maximum atomic E-state index is 14.3. The van der Waals surface area contributed by atoms with Gasteiger partial charge >= 0.3 is 0 Å². The summed E-state index contributed by atoms with van der Waals surface area (Å²) in [7, 11) is 0. The first-order chi connectivity index (χ1) is 14.9. The van der Waals surface area contributed by atoms with E-state index in [0.717, 1.165) is 12.0 Å². The number of rotatable bonds is 9. The van der Waals surface area contributed by atoms with Gasteiger partial charge in [-0.3, -0.25) is 9.59 Å². The molecule has 2 aromatic rings. The number of nitrogens with one attached hydrogen (secondary N) is 1. The first kappa shape index (κ1) is 22.6. The molecule has 2 amide bonds. The third-order valence-electron chi connectivity index (χ3n) is 5.53. The van der Waals surface area contributed by atoms with Crippen molar-refractivity contribution in [2.45, 2.75) is 58.7 Å². The molecular formula is C24H29FN2O4. The Labute approximate surface area is 182 Å². The largest absolute Gasteiger partial charge is 0.454 e. The number of carbonyl (C=O) groups excluding carboxylic acids is 2. The lowest BCUT2D eigenvalue weighted by molar-refractivity contribution is -0.140. The number of hydrogen-bond donors (Lipinski definition) is 1. The van der Waals surface area contributed by atoms with E-state index < -0.39 is 11.9 Å². The highest BCUT2D eigenvalue weighted by atomic mass is 19.1. The van der Waals surface area contributed by atoms with Gasteiger partial charge in [0.15, 0.2) is 11.5 Å². The van der Waals surface area contributed by atoms with Gasteiger partial charge in [0.25, 0.3) is 0 Å². The molecule has 0 fully saturated rings. The average molecular weight is 429 g/mol. The Morgan fingerprint density at radius 3 is 2.61 bits per heavy atom. The lowest BCUT2D eigenvalue weighted by Crippen LogP contribution is -2.49. The lowest BCUT2D eigenvalue weighted by atomic mass is 10.1. The van der Waals surface area contributed by atoms with Crippen molar-refractivity contribution in [3.05, 3.63) is 59.4 Å². The molecule has 31 heavy (non-hydrogen) atoms. The third kappa shape index (κ3) is 5.75. The summed E-state index contributed by atoms with van der Waals surface area (Å²) in [5, 5.41) is 2.91. The van der Waals surface area contributed by atoms with Crippen molar-refractivity contribution in [2.75, 3.05) is 6.79 Å². The molecule has 1 heterocycles. The number of ether oxygens (including phenoxy) is 2. The topological polar surface area (TPSA) is 67.9 Å². The Kier molecular flexibility index (Phi) is 7.50. The molecule has 1 aliphatic rings. The molecule has 166 valence electrons. The van der Waals surface area contributed by atoms with Gasteiger partial charge in [0.05, 0.1) is 0 Å². The lowest BCUT2D eigenvalue weighted by Gasteiger charge is -2.30. The number of amides is 2. The molecule has 0 saturated carbocycles. The van der Waals surface area contributed by atoms with Crippen molar-refractivity contribution in [1.82, 2.24) is 10.2 Å². The van der Waals surface area contributed by atoms with E-state index in [2.05, 4.69) is 5.32 Å². The fourth-order valence-corrected chi connectivity index (χ4v) is 3.35. The summed E-state index contributed by atoms with van der Waals surface area (Å²) in [4.78, 5) is 27.3. The number of hydrogen-bond acceptors (Lipinski definition) is 4. The molecule has 7 heteroatoms. The standard InChI is InChI=1S/C24H29FN2O4/c1-4-16(2)26-24(29)17(3)27(14-19-7-5-6-8-20(19)25)23(28)12-10-18-9-11-21-22(13-18)31-15-30-21/h5-9,11,13,16-17H,4,10,12,14-15H2,1-3H3,(H,26,29)/t16-,17+/m1/s1. The smallest absolute Gasteiger partial charge is 0.242 e. The molecule has 2 aromatic carbocycles. The summed E-state index contributed by atoms with van der Waals surface area (Å²) in [5.41, 5.74) is 1.31. The first-order valence-electron chi connectivity index (χ1n) is 10.6. The zero-order valence-corrected chi connectivity index (χ0v) is 18.2. The summed E-state index contributed by atoms with van der Waals surface area (Å²) >= 11 is 0. The summed E-state index contributed by atoms with van der Waals surface area (Å²) < 4.78 is 25.0. The minimum Gasteiger partial charge on any atom is -0.454 e. The number of nitrogens with zero attached hydrogens (tertiary/aromatic N) is 1. The Morgan fingerprint density at radius 2 is 1.87 bits per heavy atom. The molecule has 0 aliphatic carbocycles. The van der Waals surface area contributed by atoms with Crippen LogP contribution in [0.2, 0.25) is 0 Å². The van der Waals surface area contributed by atoms with Gasteiger partial charge in [-0.1, -0.05) is 31.2 Å². The predicted octanol–water partition coefficient (Wildman–Crippen LogP) is 3.82. The fraction of sp³-hybridized carbons (Fsp3) is 0.417. The van der Waals surface area contributed by atoms with E-state index >= 15 is 0 Å². The summed E-state index contributed by atoms with van der Waals surface area (Å²) in [6, 6.07) is 11.1. The monoisotopic (exact) mass is 428 g/mol. The third-order valence-corrected chi connectivity index (χ3v) is 5.53. The Hall–Kier alpha value is -3.09. The van der Waals surface area contributed by atoms with Crippen molar-refractivity contribution in [2.24, 2.45) is 0 Å². The number of fused-ring (bicyclic) bond motifs is 1. The van der Waals surface area contributed by atoms with Gasteiger partial charge in [-0.2, -0.15) is 0 Å². The maximum Gasteiger partial charge on any atom is 0.242 e. The van der Waals surface area contributed by atoms with Gasteiger partial charge in [0, 0.05) is 24.6 Å². The minimum atomic E-state index is -0.724. The molecular weight excluding hydrogens is 399 g/mol. The molecule has 0 radical (unpaired) electrons. The molecule has 3 rings (SSSR count). The molecule has 0 spiro atoms. The van der Waals surface area contributed by atoms with Gasteiger partial charge in [-0.25, -0.2) is 4.39 Å². The second-order valence-electron chi connectivity index (χ2n) is 7.79. The van der Waals surface area contributed by atoms with Crippen molar-refractivity contribution in [3.8, 4) is 11.5 Å². The highest BCUT2D eigenvalue weighted by Gasteiger charge is 2.27. The van der Waals surface area contributed by atoms with Gasteiger partial charge < -0.3 is 19.7 Å². The van der Waals surface area contributed by atoms with Crippen molar-refractivity contribution < 1.29 is 23.5 Å². The number of benzene rings is 2. The van der Waals surface area contributed by atoms with Crippen LogP contribution in [0.5, 0.6) is 11.5 Å². The molecule has 1 N–H and O–H groups in total. The van der Waals surface area contributed by atoms with Crippen LogP contribution in [0.1, 0.15) is 44.7 Å². The van der Waals surface area contributed by atoms with Crippen LogP contribution < -0.4 is 14.8 Å². The van der Waals surface area contributed by atoms with Crippen LogP contribution in [-0.4, -0.2) is 35.6 Å². The van der Waals surface area contributed by atoms with Gasteiger partial charge in [0.1, 0.15) is 11.9 Å². The number of aryl methyl sites for hydroxylation is 1. The van der Waals surface area contributed by atoms with E-state index in [1.807, 2.05) is 32.0 Å². The molecule has 0 aromatic heterocycles.